The van der Waals surface area contributed by atoms with Crippen LogP contribution in [0.1, 0.15) is 0 Å². The molecule has 45 heteroatoms. The van der Waals surface area contributed by atoms with Crippen LogP contribution in [0.2, 0.25) is 0 Å². The maximum Gasteiger partial charge on any atom is 0.460 e. The third-order valence-corrected chi connectivity index (χ3v) is 7.72. The fourth-order valence-corrected chi connectivity index (χ4v) is 3.59. The number of halogens is 42. The van der Waals surface area contributed by atoms with Gasteiger partial charge in [-0.1, -0.05) is 0 Å². The Morgan fingerprint density at radius 1 is 0.179 bits per heavy atom. The van der Waals surface area contributed by atoms with Gasteiger partial charge in [-0.15, -0.1) is 0 Å². The highest BCUT2D eigenvalue weighted by Gasteiger charge is 3.00. The Morgan fingerprint density at radius 2 is 0.284 bits per heavy atom. The number of alkyl halides is 42. The number of hydrogen-bond acceptors (Lipinski definition) is 3. The minimum Gasteiger partial charge on any atom is -0.384 e. The minimum absolute atomic E-state index is 1.23. The van der Waals surface area contributed by atoms with Gasteiger partial charge in [0.15, 0.2) is 0 Å². The third-order valence-electron chi connectivity index (χ3n) is 7.72. The molecule has 0 unspecified atom stereocenters. The Kier molecular flexibility index (Phi) is 14.5. The van der Waals surface area contributed by atoms with Crippen molar-refractivity contribution in [1.82, 2.24) is 0 Å². The monoisotopic (exact) mass is 1110 g/mol. The summed E-state index contributed by atoms with van der Waals surface area (Å²) in [6, 6.07) is 0. The lowest BCUT2D eigenvalue weighted by Gasteiger charge is -2.44. The molecule has 0 aromatic heterocycles. The molecule has 0 atom stereocenters. The molecule has 400 valence electrons. The van der Waals surface area contributed by atoms with Crippen molar-refractivity contribution >= 4 is 11.9 Å². The third kappa shape index (κ3) is 7.43. The summed E-state index contributed by atoms with van der Waals surface area (Å²) in [5.74, 6) is -187. The maximum absolute atomic E-state index is 13.9. The van der Waals surface area contributed by atoms with E-state index in [-0.39, 0.29) is 0 Å². The van der Waals surface area contributed by atoms with E-state index in [2.05, 4.69) is 0 Å². The van der Waals surface area contributed by atoms with E-state index in [0.717, 1.165) is 0 Å². The molecule has 0 amide bonds. The van der Waals surface area contributed by atoms with E-state index in [0.29, 0.717) is 0 Å². The van der Waals surface area contributed by atoms with Crippen molar-refractivity contribution in [2.45, 2.75) is 119 Å². The van der Waals surface area contributed by atoms with E-state index in [1.165, 1.54) is 4.74 Å². The van der Waals surface area contributed by atoms with E-state index in [4.69, 9.17) is 0 Å². The van der Waals surface area contributed by atoms with Gasteiger partial charge in [0.05, 0.1) is 0 Å². The molecule has 0 rings (SSSR count). The SMILES string of the molecule is O=C(OC(=O)C(F)(F)C(F)(F)C(F)(F)C(F)(F)C(F)(F)C(F)(F)C(F)(F)C(F)(F)C(F)(F)C(F)(F)F)C(F)(F)C(F)(F)C(F)(F)C(F)(F)C(F)(F)C(F)(F)C(F)(F)C(F)(F)C(F)(F)C(F)(F)F. The van der Waals surface area contributed by atoms with E-state index < -0.39 is 131 Å². The molecule has 0 saturated heterocycles. The predicted octanol–water partition coefficient (Wildman–Crippen LogP) is 12.6. The highest BCUT2D eigenvalue weighted by Crippen LogP contribution is 2.69. The van der Waals surface area contributed by atoms with Gasteiger partial charge in [-0.3, -0.25) is 0 Å². The first-order chi connectivity index (χ1) is 28.0. The summed E-state index contributed by atoms with van der Waals surface area (Å²) in [5.41, 5.74) is 0. The fraction of sp³-hybridized carbons (Fsp3) is 0.909. The molecule has 0 aliphatic carbocycles. The molecule has 0 saturated carbocycles. The van der Waals surface area contributed by atoms with Crippen molar-refractivity contribution in [3.63, 3.8) is 0 Å². The molecule has 0 aromatic rings. The van der Waals surface area contributed by atoms with Gasteiger partial charge in [0.2, 0.25) is 0 Å². The molecule has 3 nitrogen and oxygen atoms in total. The quantitative estimate of drug-likeness (QED) is 0.0780. The second-order valence-corrected chi connectivity index (χ2v) is 12.0. The maximum atomic E-state index is 13.9. The Hall–Kier alpha value is -3.80. The smallest absolute Gasteiger partial charge is 0.384 e. The molecule has 0 aliphatic rings. The lowest BCUT2D eigenvalue weighted by molar-refractivity contribution is -0.473. The second-order valence-electron chi connectivity index (χ2n) is 12.0. The minimum atomic E-state index is -10.1. The Morgan fingerprint density at radius 3 is 0.403 bits per heavy atom. The number of carbonyl (C=O) groups is 2. The average molecular weight is 1110 g/mol. The van der Waals surface area contributed by atoms with Crippen LogP contribution in [0.15, 0.2) is 0 Å². The molecule has 0 N–H and O–H groups in total. The molecule has 0 aliphatic heterocycles. The molecule has 0 spiro atoms. The van der Waals surface area contributed by atoms with Crippen LogP contribution in [-0.4, -0.2) is 131 Å². The summed E-state index contributed by atoms with van der Waals surface area (Å²) >= 11 is 0. The van der Waals surface area contributed by atoms with Gasteiger partial charge in [-0.05, 0) is 0 Å². The molecule has 0 heterocycles. The molecule has 0 bridgehead atoms. The number of carbonyl (C=O) groups excluding carboxylic acids is 2. The fourth-order valence-electron chi connectivity index (χ4n) is 3.59. The van der Waals surface area contributed by atoms with E-state index in [1.807, 2.05) is 0 Å². The summed E-state index contributed by atoms with van der Waals surface area (Å²) in [5, 5.41) is 0. The number of esters is 2. The van der Waals surface area contributed by atoms with Crippen LogP contribution in [0.3, 0.4) is 0 Å². The summed E-state index contributed by atoms with van der Waals surface area (Å²) in [6.07, 6.45) is -16.9. The van der Waals surface area contributed by atoms with Crippen LogP contribution in [0.5, 0.6) is 0 Å². The van der Waals surface area contributed by atoms with Gasteiger partial charge in [0, 0.05) is 0 Å². The van der Waals surface area contributed by atoms with Gasteiger partial charge >= 0.3 is 131 Å². The van der Waals surface area contributed by atoms with Gasteiger partial charge in [-0.25, -0.2) is 9.59 Å². The Bertz CT molecular complexity index is 1720. The summed E-state index contributed by atoms with van der Waals surface area (Å²) in [4.78, 5) is 22.2. The zero-order valence-corrected chi connectivity index (χ0v) is 28.1. The van der Waals surface area contributed by atoms with Crippen molar-refractivity contribution in [1.29, 1.82) is 0 Å². The predicted molar refractivity (Wildman–Crippen MR) is 112 cm³/mol. The van der Waals surface area contributed by atoms with Crippen LogP contribution in [-0.2, 0) is 14.3 Å². The van der Waals surface area contributed by atoms with Crippen LogP contribution >= 0.6 is 0 Å². The van der Waals surface area contributed by atoms with Gasteiger partial charge < -0.3 is 4.74 Å². The first-order valence-corrected chi connectivity index (χ1v) is 13.8. The molecular formula is C22F42O3. The molecule has 0 fully saturated rings. The van der Waals surface area contributed by atoms with Crippen molar-refractivity contribution < 1.29 is 199 Å². The first kappa shape index (κ1) is 63.2. The van der Waals surface area contributed by atoms with Crippen molar-refractivity contribution in [2.24, 2.45) is 0 Å². The largest absolute Gasteiger partial charge is 0.460 e. The van der Waals surface area contributed by atoms with Crippen molar-refractivity contribution in [3.05, 3.63) is 0 Å². The average Bonchev–Trinajstić information content (AvgIpc) is 3.08. The highest BCUT2D eigenvalue weighted by molar-refractivity contribution is 5.93. The zero-order chi connectivity index (χ0) is 55.9. The van der Waals surface area contributed by atoms with Crippen LogP contribution in [0.25, 0.3) is 0 Å². The molecule has 0 aromatic carbocycles. The van der Waals surface area contributed by atoms with E-state index >= 15 is 0 Å². The Labute approximate surface area is 331 Å². The van der Waals surface area contributed by atoms with Crippen molar-refractivity contribution in [3.8, 4) is 0 Å². The molecular weight excluding hydrogens is 1110 g/mol. The molecule has 67 heavy (non-hydrogen) atoms. The first-order valence-electron chi connectivity index (χ1n) is 13.8. The number of rotatable bonds is 18. The summed E-state index contributed by atoms with van der Waals surface area (Å²) in [6.45, 7) is 0. The van der Waals surface area contributed by atoms with Crippen molar-refractivity contribution in [2.75, 3.05) is 0 Å². The second kappa shape index (κ2) is 15.3. The van der Waals surface area contributed by atoms with Crippen LogP contribution in [0, 0.1) is 0 Å². The standard InChI is InChI=1S/C22F42O3/c23-3(24,5(27,28)7(31,32)9(35,36)11(39,40)13(43,44)15(47,48)17(51,52)19(55,56)21(59,60)61)1(65)67-2(66)4(25,26)6(29,30)8(33,34)10(37,38)12(41,42)14(45,46)16(49,50)18(53,54)20(57,58)22(62,63)64. The van der Waals surface area contributed by atoms with Gasteiger partial charge in [-0.2, -0.15) is 184 Å². The van der Waals surface area contributed by atoms with E-state index in [1.54, 1.807) is 0 Å². The van der Waals surface area contributed by atoms with Crippen LogP contribution in [0.4, 0.5) is 184 Å². The highest BCUT2D eigenvalue weighted by atomic mass is 19.5. The van der Waals surface area contributed by atoms with Crippen LogP contribution < -0.4 is 0 Å². The van der Waals surface area contributed by atoms with Gasteiger partial charge in [0.25, 0.3) is 0 Å². The summed E-state index contributed by atoms with van der Waals surface area (Å²) in [7, 11) is 0. The van der Waals surface area contributed by atoms with E-state index in [9.17, 15) is 194 Å². The Balaban J connectivity index is 7.49. The molecule has 0 radical (unpaired) electrons. The number of ether oxygens (including phenoxy) is 1. The lowest BCUT2D eigenvalue weighted by atomic mass is 9.86. The lowest BCUT2D eigenvalue weighted by Crippen LogP contribution is -2.77. The number of hydrogen-bond donors (Lipinski definition) is 0. The summed E-state index contributed by atoms with van der Waals surface area (Å²) < 4.78 is 563. The van der Waals surface area contributed by atoms with Gasteiger partial charge in [0.1, 0.15) is 0 Å². The topological polar surface area (TPSA) is 43.4 Å². The normalized spacial score (nSPS) is 16.9. The zero-order valence-electron chi connectivity index (χ0n) is 28.1.